The molecule has 0 bridgehead atoms. The van der Waals surface area contributed by atoms with Crippen molar-refractivity contribution in [1.82, 2.24) is 0 Å². The first kappa shape index (κ1) is 13.5. The highest BCUT2D eigenvalue weighted by molar-refractivity contribution is 6.90. The summed E-state index contributed by atoms with van der Waals surface area (Å²) in [6, 6.07) is 6.86. The molecule has 0 radical (unpaired) electrons. The molecule has 16 heavy (non-hydrogen) atoms. The Morgan fingerprint density at radius 3 is 1.81 bits per heavy atom. The van der Waals surface area contributed by atoms with Crippen molar-refractivity contribution in [2.75, 3.05) is 7.11 Å². The van der Waals surface area contributed by atoms with Crippen LogP contribution in [0.5, 0.6) is 5.75 Å². The van der Waals surface area contributed by atoms with Crippen LogP contribution in [0.15, 0.2) is 18.2 Å². The first-order valence-corrected chi connectivity index (χ1v) is 12.9. The SMILES string of the molecule is COc1cc([Si](C)(C)C)ccc1[Si](C)(C)C. The molecule has 0 saturated carbocycles. The topological polar surface area (TPSA) is 9.23 Å². The fraction of sp³-hybridized carbons (Fsp3) is 0.538. The van der Waals surface area contributed by atoms with Gasteiger partial charge in [0.25, 0.3) is 0 Å². The van der Waals surface area contributed by atoms with E-state index in [0.717, 1.165) is 5.75 Å². The number of benzene rings is 1. The summed E-state index contributed by atoms with van der Waals surface area (Å²) in [5.41, 5.74) is 0. The Morgan fingerprint density at radius 1 is 0.875 bits per heavy atom. The normalized spacial score (nSPS) is 12.7. The molecule has 1 rings (SSSR count). The second-order valence-electron chi connectivity index (χ2n) is 6.42. The molecule has 0 aliphatic rings. The Kier molecular flexibility index (Phi) is 3.70. The predicted octanol–water partition coefficient (Wildman–Crippen LogP) is 2.79. The summed E-state index contributed by atoms with van der Waals surface area (Å²) in [7, 11) is -0.733. The van der Waals surface area contributed by atoms with Gasteiger partial charge in [0, 0.05) is 0 Å². The van der Waals surface area contributed by atoms with E-state index in [4.69, 9.17) is 4.74 Å². The van der Waals surface area contributed by atoms with E-state index in [2.05, 4.69) is 57.5 Å². The van der Waals surface area contributed by atoms with Crippen molar-refractivity contribution in [3.8, 4) is 5.75 Å². The highest BCUT2D eigenvalue weighted by atomic mass is 28.3. The average Bonchev–Trinajstić information content (AvgIpc) is 2.14. The van der Waals surface area contributed by atoms with E-state index in [1.165, 1.54) is 10.4 Å². The van der Waals surface area contributed by atoms with Crippen molar-refractivity contribution in [3.63, 3.8) is 0 Å². The Hall–Kier alpha value is -0.546. The van der Waals surface area contributed by atoms with Gasteiger partial charge in [-0.05, 0) is 11.3 Å². The Balaban J connectivity index is 3.28. The standard InChI is InChI=1S/C13H24OSi2/c1-14-12-10-11(15(2,3)4)8-9-13(12)16(5,6)7/h8-10H,1-7H3. The monoisotopic (exact) mass is 252 g/mol. The summed E-state index contributed by atoms with van der Waals surface area (Å²) in [6.45, 7) is 14.2. The number of methoxy groups -OCH3 is 1. The van der Waals surface area contributed by atoms with Crippen molar-refractivity contribution in [1.29, 1.82) is 0 Å². The highest BCUT2D eigenvalue weighted by Gasteiger charge is 2.24. The van der Waals surface area contributed by atoms with Gasteiger partial charge in [-0.1, -0.05) is 56.6 Å². The summed E-state index contributed by atoms with van der Waals surface area (Å²) < 4.78 is 5.56. The molecule has 0 atom stereocenters. The molecule has 1 nitrogen and oxygen atoms in total. The Labute approximate surface area is 102 Å². The zero-order valence-electron chi connectivity index (χ0n) is 11.6. The Bertz CT molecular complexity index is 372. The van der Waals surface area contributed by atoms with Crippen molar-refractivity contribution < 1.29 is 4.74 Å². The average molecular weight is 253 g/mol. The maximum Gasteiger partial charge on any atom is 0.117 e. The summed E-state index contributed by atoms with van der Waals surface area (Å²) in [4.78, 5) is 0. The fourth-order valence-electron chi connectivity index (χ4n) is 1.78. The first-order valence-electron chi connectivity index (χ1n) is 5.85. The van der Waals surface area contributed by atoms with Gasteiger partial charge in [0.1, 0.15) is 5.75 Å². The third kappa shape index (κ3) is 2.98. The molecule has 0 N–H and O–H groups in total. The van der Waals surface area contributed by atoms with Crippen molar-refractivity contribution in [2.45, 2.75) is 39.3 Å². The molecule has 0 aliphatic carbocycles. The van der Waals surface area contributed by atoms with Crippen LogP contribution in [0.4, 0.5) is 0 Å². The maximum atomic E-state index is 5.56. The smallest absolute Gasteiger partial charge is 0.117 e. The van der Waals surface area contributed by atoms with E-state index in [1.54, 1.807) is 7.11 Å². The lowest BCUT2D eigenvalue weighted by Gasteiger charge is -2.24. The van der Waals surface area contributed by atoms with Gasteiger partial charge in [0.2, 0.25) is 0 Å². The number of hydrogen-bond acceptors (Lipinski definition) is 1. The fourth-order valence-corrected chi connectivity index (χ4v) is 4.42. The van der Waals surface area contributed by atoms with E-state index >= 15 is 0 Å². The molecule has 0 aromatic heterocycles. The zero-order valence-corrected chi connectivity index (χ0v) is 13.6. The molecule has 90 valence electrons. The Morgan fingerprint density at radius 2 is 1.44 bits per heavy atom. The van der Waals surface area contributed by atoms with Gasteiger partial charge in [-0.3, -0.25) is 0 Å². The minimum atomic E-state index is -1.29. The minimum Gasteiger partial charge on any atom is -0.497 e. The molecule has 1 aromatic carbocycles. The van der Waals surface area contributed by atoms with Crippen LogP contribution in [-0.2, 0) is 0 Å². The molecular weight excluding hydrogens is 228 g/mol. The lowest BCUT2D eigenvalue weighted by molar-refractivity contribution is 0.418. The van der Waals surface area contributed by atoms with Crippen LogP contribution in [0.2, 0.25) is 39.3 Å². The van der Waals surface area contributed by atoms with Gasteiger partial charge in [-0.25, -0.2) is 0 Å². The van der Waals surface area contributed by atoms with Crippen molar-refractivity contribution >= 4 is 26.5 Å². The molecule has 0 aliphatic heterocycles. The lowest BCUT2D eigenvalue weighted by Crippen LogP contribution is -2.43. The van der Waals surface area contributed by atoms with E-state index in [0.29, 0.717) is 0 Å². The van der Waals surface area contributed by atoms with Crippen LogP contribution in [0.25, 0.3) is 0 Å². The van der Waals surface area contributed by atoms with E-state index < -0.39 is 16.1 Å². The quantitative estimate of drug-likeness (QED) is 0.752. The van der Waals surface area contributed by atoms with Gasteiger partial charge >= 0.3 is 0 Å². The van der Waals surface area contributed by atoms with Crippen molar-refractivity contribution in [3.05, 3.63) is 18.2 Å². The van der Waals surface area contributed by atoms with Crippen LogP contribution in [0.1, 0.15) is 0 Å². The lowest BCUT2D eigenvalue weighted by atomic mass is 10.3. The maximum absolute atomic E-state index is 5.56. The second-order valence-corrected chi connectivity index (χ2v) is 16.5. The van der Waals surface area contributed by atoms with E-state index in [9.17, 15) is 0 Å². The highest BCUT2D eigenvalue weighted by Crippen LogP contribution is 2.14. The molecule has 3 heteroatoms. The predicted molar refractivity (Wildman–Crippen MR) is 79.0 cm³/mol. The molecule has 0 heterocycles. The van der Waals surface area contributed by atoms with Gasteiger partial charge in [-0.2, -0.15) is 0 Å². The second kappa shape index (κ2) is 4.37. The van der Waals surface area contributed by atoms with Gasteiger partial charge in [-0.15, -0.1) is 0 Å². The third-order valence-corrected chi connectivity index (χ3v) is 6.95. The molecular formula is C13H24OSi2. The molecule has 1 aromatic rings. The largest absolute Gasteiger partial charge is 0.497 e. The van der Waals surface area contributed by atoms with Crippen LogP contribution in [0.3, 0.4) is 0 Å². The van der Waals surface area contributed by atoms with Crippen LogP contribution < -0.4 is 15.1 Å². The third-order valence-electron chi connectivity index (χ3n) is 2.88. The van der Waals surface area contributed by atoms with Gasteiger partial charge in [0.05, 0.1) is 23.3 Å². The summed E-state index contributed by atoms with van der Waals surface area (Å²) in [5.74, 6) is 1.10. The molecule has 0 fully saturated rings. The number of rotatable bonds is 3. The van der Waals surface area contributed by atoms with Crippen LogP contribution >= 0.6 is 0 Å². The summed E-state index contributed by atoms with van der Waals surface area (Å²) in [5, 5.41) is 2.91. The molecule has 0 spiro atoms. The van der Waals surface area contributed by atoms with Gasteiger partial charge in [0.15, 0.2) is 0 Å². The van der Waals surface area contributed by atoms with Crippen molar-refractivity contribution in [2.24, 2.45) is 0 Å². The zero-order chi connectivity index (χ0) is 12.6. The molecule has 0 saturated heterocycles. The van der Waals surface area contributed by atoms with Crippen LogP contribution in [0, 0.1) is 0 Å². The minimum absolute atomic E-state index is 1.10. The van der Waals surface area contributed by atoms with Gasteiger partial charge < -0.3 is 4.74 Å². The molecule has 0 amide bonds. The molecule has 0 unspecified atom stereocenters. The summed E-state index contributed by atoms with van der Waals surface area (Å²) in [6.07, 6.45) is 0. The van der Waals surface area contributed by atoms with E-state index in [-0.39, 0.29) is 0 Å². The summed E-state index contributed by atoms with van der Waals surface area (Å²) >= 11 is 0. The number of ether oxygens (including phenoxy) is 1. The van der Waals surface area contributed by atoms with E-state index in [1.807, 2.05) is 0 Å². The number of hydrogen-bond donors (Lipinski definition) is 0. The first-order chi connectivity index (χ1) is 7.16. The van der Waals surface area contributed by atoms with Crippen LogP contribution in [-0.4, -0.2) is 23.3 Å².